The molecule has 0 aliphatic heterocycles. The lowest BCUT2D eigenvalue weighted by molar-refractivity contribution is 0.102. The number of amides is 1. The third-order valence-corrected chi connectivity index (χ3v) is 4.94. The number of benzene rings is 2. The number of hydrogen-bond acceptors (Lipinski definition) is 4. The Hall–Kier alpha value is -2.45. The number of carbonyl (C=O) groups excluding carboxylic acids is 1. The molecule has 0 aromatic heterocycles. The molecule has 0 unspecified atom stereocenters. The van der Waals surface area contributed by atoms with Crippen LogP contribution < -0.4 is 14.8 Å². The maximum atomic E-state index is 13.9. The van der Waals surface area contributed by atoms with Crippen LogP contribution in [0.3, 0.4) is 0 Å². The van der Waals surface area contributed by atoms with Gasteiger partial charge in [0.2, 0.25) is 10.0 Å². The molecular formula is C18H21FN2O4S. The second kappa shape index (κ2) is 8.29. The zero-order valence-electron chi connectivity index (χ0n) is 14.7. The van der Waals surface area contributed by atoms with Crippen molar-refractivity contribution in [3.63, 3.8) is 0 Å². The standard InChI is InChI=1S/C18H21FN2O4S/c1-4-25-17-9-8-14(11-16(17)19)20-18(22)13-6-5-7-15(10-13)26(23,24)21-12(2)3/h5-12,21H,4H2,1-3H3,(H,20,22). The van der Waals surface area contributed by atoms with E-state index in [1.807, 2.05) is 0 Å². The highest BCUT2D eigenvalue weighted by atomic mass is 32.2. The van der Waals surface area contributed by atoms with E-state index in [0.29, 0.717) is 6.61 Å². The lowest BCUT2D eigenvalue weighted by Gasteiger charge is -2.11. The van der Waals surface area contributed by atoms with Gasteiger partial charge < -0.3 is 10.1 Å². The molecule has 2 N–H and O–H groups in total. The summed E-state index contributed by atoms with van der Waals surface area (Å²) in [6, 6.07) is 9.42. The minimum Gasteiger partial charge on any atom is -0.491 e. The quantitative estimate of drug-likeness (QED) is 0.773. The number of sulfonamides is 1. The Morgan fingerprint density at radius 1 is 1.19 bits per heavy atom. The Balaban J connectivity index is 2.20. The van der Waals surface area contributed by atoms with E-state index in [0.717, 1.165) is 6.07 Å². The third kappa shape index (κ3) is 5.03. The van der Waals surface area contributed by atoms with Gasteiger partial charge in [-0.1, -0.05) is 6.07 Å². The molecule has 0 bridgehead atoms. The Kier molecular flexibility index (Phi) is 6.33. The van der Waals surface area contributed by atoms with Gasteiger partial charge in [-0.15, -0.1) is 0 Å². The fraction of sp³-hybridized carbons (Fsp3) is 0.278. The molecule has 0 radical (unpaired) electrons. The van der Waals surface area contributed by atoms with Crippen molar-refractivity contribution < 1.29 is 22.3 Å². The van der Waals surface area contributed by atoms with Gasteiger partial charge in [0, 0.05) is 23.4 Å². The minimum atomic E-state index is -3.71. The van der Waals surface area contributed by atoms with Gasteiger partial charge in [-0.2, -0.15) is 0 Å². The van der Waals surface area contributed by atoms with E-state index >= 15 is 0 Å². The number of nitrogens with one attached hydrogen (secondary N) is 2. The van der Waals surface area contributed by atoms with Gasteiger partial charge in [-0.05, 0) is 51.1 Å². The summed E-state index contributed by atoms with van der Waals surface area (Å²) in [6.45, 7) is 5.47. The van der Waals surface area contributed by atoms with Crippen LogP contribution in [0.4, 0.5) is 10.1 Å². The Labute approximate surface area is 152 Å². The number of ether oxygens (including phenoxy) is 1. The van der Waals surface area contributed by atoms with E-state index in [-0.39, 0.29) is 27.9 Å². The first-order chi connectivity index (χ1) is 12.2. The summed E-state index contributed by atoms with van der Waals surface area (Å²) in [7, 11) is -3.71. The van der Waals surface area contributed by atoms with E-state index in [4.69, 9.17) is 4.74 Å². The average Bonchev–Trinajstić information content (AvgIpc) is 2.56. The molecule has 0 aliphatic carbocycles. The van der Waals surface area contributed by atoms with Gasteiger partial charge >= 0.3 is 0 Å². The number of halogens is 1. The second-order valence-corrected chi connectivity index (χ2v) is 7.55. The molecule has 2 aromatic carbocycles. The second-order valence-electron chi connectivity index (χ2n) is 5.84. The molecule has 0 atom stereocenters. The summed E-state index contributed by atoms with van der Waals surface area (Å²) >= 11 is 0. The number of rotatable bonds is 7. The van der Waals surface area contributed by atoms with Crippen molar-refractivity contribution in [2.75, 3.05) is 11.9 Å². The third-order valence-electron chi connectivity index (χ3n) is 3.29. The Bertz CT molecular complexity index is 898. The molecule has 26 heavy (non-hydrogen) atoms. The van der Waals surface area contributed by atoms with E-state index in [2.05, 4.69) is 10.0 Å². The fourth-order valence-corrected chi connectivity index (χ4v) is 3.53. The first-order valence-electron chi connectivity index (χ1n) is 8.09. The summed E-state index contributed by atoms with van der Waals surface area (Å²) in [6.07, 6.45) is 0. The van der Waals surface area contributed by atoms with Crippen molar-refractivity contribution in [1.82, 2.24) is 4.72 Å². The first kappa shape index (κ1) is 19.9. The number of hydrogen-bond donors (Lipinski definition) is 2. The van der Waals surface area contributed by atoms with Crippen molar-refractivity contribution in [3.8, 4) is 5.75 Å². The van der Waals surface area contributed by atoms with Gasteiger partial charge in [0.25, 0.3) is 5.91 Å². The van der Waals surface area contributed by atoms with Crippen molar-refractivity contribution >= 4 is 21.6 Å². The van der Waals surface area contributed by atoms with Crippen molar-refractivity contribution in [2.45, 2.75) is 31.7 Å². The lowest BCUT2D eigenvalue weighted by Crippen LogP contribution is -2.30. The molecule has 2 aromatic rings. The molecule has 2 rings (SSSR count). The van der Waals surface area contributed by atoms with Crippen LogP contribution in [0.1, 0.15) is 31.1 Å². The molecular weight excluding hydrogens is 359 g/mol. The molecule has 0 aliphatic rings. The van der Waals surface area contributed by atoms with Gasteiger partial charge in [0.1, 0.15) is 0 Å². The smallest absolute Gasteiger partial charge is 0.255 e. The van der Waals surface area contributed by atoms with Gasteiger partial charge in [0.15, 0.2) is 11.6 Å². The highest BCUT2D eigenvalue weighted by Crippen LogP contribution is 2.22. The van der Waals surface area contributed by atoms with Crippen LogP contribution in [-0.2, 0) is 10.0 Å². The van der Waals surface area contributed by atoms with Crippen LogP contribution in [0.15, 0.2) is 47.4 Å². The summed E-state index contributed by atoms with van der Waals surface area (Å²) in [5.41, 5.74) is 0.385. The van der Waals surface area contributed by atoms with Crippen LogP contribution in [0.5, 0.6) is 5.75 Å². The summed E-state index contributed by atoms with van der Waals surface area (Å²) in [4.78, 5) is 12.3. The summed E-state index contributed by atoms with van der Waals surface area (Å²) in [5, 5.41) is 2.54. The molecule has 0 saturated heterocycles. The van der Waals surface area contributed by atoms with E-state index < -0.39 is 21.7 Å². The van der Waals surface area contributed by atoms with E-state index in [1.165, 1.54) is 36.4 Å². The average molecular weight is 380 g/mol. The molecule has 140 valence electrons. The predicted molar refractivity (Wildman–Crippen MR) is 97.4 cm³/mol. The topological polar surface area (TPSA) is 84.5 Å². The van der Waals surface area contributed by atoms with Crippen LogP contribution in [0.2, 0.25) is 0 Å². The highest BCUT2D eigenvalue weighted by molar-refractivity contribution is 7.89. The van der Waals surface area contributed by atoms with Gasteiger partial charge in [0.05, 0.1) is 11.5 Å². The van der Waals surface area contributed by atoms with E-state index in [9.17, 15) is 17.6 Å². The number of anilines is 1. The SMILES string of the molecule is CCOc1ccc(NC(=O)c2cccc(S(=O)(=O)NC(C)C)c2)cc1F. The highest BCUT2D eigenvalue weighted by Gasteiger charge is 2.17. The van der Waals surface area contributed by atoms with Crippen LogP contribution in [-0.4, -0.2) is 27.0 Å². The minimum absolute atomic E-state index is 0.0169. The predicted octanol–water partition coefficient (Wildman–Crippen LogP) is 3.16. The van der Waals surface area contributed by atoms with Gasteiger partial charge in [-0.25, -0.2) is 17.5 Å². The molecule has 0 heterocycles. The normalized spacial score (nSPS) is 11.4. The van der Waals surface area contributed by atoms with Crippen molar-refractivity contribution in [3.05, 3.63) is 53.8 Å². The molecule has 8 heteroatoms. The summed E-state index contributed by atoms with van der Waals surface area (Å²) in [5.74, 6) is -1.05. The molecule has 0 fully saturated rings. The Morgan fingerprint density at radius 3 is 2.54 bits per heavy atom. The van der Waals surface area contributed by atoms with E-state index in [1.54, 1.807) is 20.8 Å². The van der Waals surface area contributed by atoms with Crippen molar-refractivity contribution in [2.24, 2.45) is 0 Å². The molecule has 6 nitrogen and oxygen atoms in total. The summed E-state index contributed by atoms with van der Waals surface area (Å²) < 4.78 is 45.9. The lowest BCUT2D eigenvalue weighted by atomic mass is 10.2. The zero-order valence-corrected chi connectivity index (χ0v) is 15.6. The maximum Gasteiger partial charge on any atom is 0.255 e. The van der Waals surface area contributed by atoms with Crippen molar-refractivity contribution in [1.29, 1.82) is 0 Å². The largest absolute Gasteiger partial charge is 0.491 e. The fourth-order valence-electron chi connectivity index (χ4n) is 2.24. The maximum absolute atomic E-state index is 13.9. The monoisotopic (exact) mass is 380 g/mol. The first-order valence-corrected chi connectivity index (χ1v) is 9.57. The van der Waals surface area contributed by atoms with Gasteiger partial charge in [-0.3, -0.25) is 4.79 Å². The van der Waals surface area contributed by atoms with Crippen LogP contribution in [0.25, 0.3) is 0 Å². The molecule has 0 spiro atoms. The zero-order chi connectivity index (χ0) is 19.3. The van der Waals surface area contributed by atoms with Crippen LogP contribution in [0, 0.1) is 5.82 Å². The molecule has 0 saturated carbocycles. The molecule has 1 amide bonds. The number of carbonyl (C=O) groups is 1. The Morgan fingerprint density at radius 2 is 1.92 bits per heavy atom. The van der Waals surface area contributed by atoms with Crippen LogP contribution >= 0.6 is 0 Å².